The van der Waals surface area contributed by atoms with Crippen LogP contribution in [0, 0.1) is 78.7 Å². The lowest BCUT2D eigenvalue weighted by Gasteiger charge is -2.33. The van der Waals surface area contributed by atoms with Crippen molar-refractivity contribution in [2.45, 2.75) is 121 Å². The Hall–Kier alpha value is -14.4. The normalized spacial score (nSPS) is 13.4. The zero-order valence-corrected chi connectivity index (χ0v) is 74.1. The molecule has 0 unspecified atom stereocenters. The Morgan fingerprint density at radius 2 is 0.674 bits per heavy atom. The van der Waals surface area contributed by atoms with Gasteiger partial charge in [-0.15, -0.1) is 27.8 Å². The number of benzene rings is 8. The third kappa shape index (κ3) is 19.9. The first-order valence-corrected chi connectivity index (χ1v) is 44.2. The Balaban J connectivity index is 0.000000121. The van der Waals surface area contributed by atoms with Gasteiger partial charge in [0.25, 0.3) is 0 Å². The lowest BCUT2D eigenvalue weighted by molar-refractivity contribution is -0.133. The van der Waals surface area contributed by atoms with Crippen LogP contribution in [0.15, 0.2) is 227 Å². The van der Waals surface area contributed by atoms with Crippen molar-refractivity contribution >= 4 is 52.3 Å². The molecular formula is C99H92F4N18O6S2. The van der Waals surface area contributed by atoms with Gasteiger partial charge in [0, 0.05) is 98.0 Å². The zero-order valence-electron chi connectivity index (χ0n) is 72.4. The summed E-state index contributed by atoms with van der Waals surface area (Å²) in [6, 6.07) is 67.7. The van der Waals surface area contributed by atoms with Crippen LogP contribution in [-0.4, -0.2) is 147 Å². The van der Waals surface area contributed by atoms with E-state index in [9.17, 15) is 36.7 Å². The van der Waals surface area contributed by atoms with Crippen molar-refractivity contribution in [3.63, 3.8) is 0 Å². The van der Waals surface area contributed by atoms with Gasteiger partial charge in [0.2, 0.25) is 29.5 Å². The van der Waals surface area contributed by atoms with E-state index in [2.05, 4.69) is 40.4 Å². The largest absolute Gasteiger partial charge is 0.444 e. The number of hydrogen-bond acceptors (Lipinski definition) is 18. The summed E-state index contributed by atoms with van der Waals surface area (Å²) in [6.45, 7) is 20.6. The van der Waals surface area contributed by atoms with Gasteiger partial charge >= 0.3 is 6.01 Å². The van der Waals surface area contributed by atoms with Crippen molar-refractivity contribution in [1.82, 2.24) is 83.9 Å². The van der Waals surface area contributed by atoms with Gasteiger partial charge in [-0.1, -0.05) is 175 Å². The Labute approximate surface area is 750 Å². The first kappa shape index (κ1) is 86.7. The maximum absolute atomic E-state index is 14.2. The second-order valence-corrected chi connectivity index (χ2v) is 34.8. The molecule has 24 nitrogen and oxygen atoms in total. The van der Waals surface area contributed by atoms with E-state index in [1.54, 1.807) is 112 Å². The molecule has 129 heavy (non-hydrogen) atoms. The molecule has 1 saturated heterocycles. The fourth-order valence-electron chi connectivity index (χ4n) is 16.0. The van der Waals surface area contributed by atoms with Gasteiger partial charge in [0.15, 0.2) is 5.89 Å². The number of carbonyl (C=O) groups excluding carboxylic acids is 4. The van der Waals surface area contributed by atoms with Gasteiger partial charge < -0.3 is 33.3 Å². The minimum Gasteiger partial charge on any atom is -0.444 e. The molecule has 0 saturated carbocycles. The van der Waals surface area contributed by atoms with E-state index in [0.29, 0.717) is 151 Å². The number of piperazine rings is 1. The number of rotatable bonds is 17. The predicted octanol–water partition coefficient (Wildman–Crippen LogP) is 18.2. The minimum atomic E-state index is -0.280. The van der Waals surface area contributed by atoms with Crippen LogP contribution >= 0.6 is 22.7 Å². The quantitative estimate of drug-likeness (QED) is 0.0769. The van der Waals surface area contributed by atoms with Crippen molar-refractivity contribution in [1.29, 1.82) is 0 Å². The van der Waals surface area contributed by atoms with Crippen LogP contribution in [0.4, 0.5) is 23.6 Å². The molecule has 4 aliphatic rings. The van der Waals surface area contributed by atoms with Gasteiger partial charge in [0.1, 0.15) is 60.9 Å². The third-order valence-electron chi connectivity index (χ3n) is 23.1. The number of aromatic nitrogens is 13. The molecule has 0 radical (unpaired) electrons. The number of oxazole rings is 1. The summed E-state index contributed by atoms with van der Waals surface area (Å²) >= 11 is 3.37. The molecule has 0 N–H and O–H groups in total. The van der Waals surface area contributed by atoms with E-state index < -0.39 is 0 Å². The number of amides is 4. The van der Waals surface area contributed by atoms with E-state index in [1.165, 1.54) is 29.1 Å². The molecular weight excluding hydrogens is 1680 g/mol. The smallest absolute Gasteiger partial charge is 0.318 e. The summed E-state index contributed by atoms with van der Waals surface area (Å²) in [5.41, 5.74) is 17.6. The molecule has 0 aliphatic carbocycles. The second kappa shape index (κ2) is 38.0. The van der Waals surface area contributed by atoms with Crippen molar-refractivity contribution < 1.29 is 45.6 Å². The minimum absolute atomic E-state index is 0.00947. The van der Waals surface area contributed by atoms with Crippen molar-refractivity contribution in [2.24, 2.45) is 0 Å². The van der Waals surface area contributed by atoms with E-state index in [1.807, 2.05) is 203 Å². The van der Waals surface area contributed by atoms with Gasteiger partial charge in [-0.2, -0.15) is 20.4 Å². The Morgan fingerprint density at radius 1 is 0.326 bits per heavy atom. The number of hydrogen-bond donors (Lipinski definition) is 0. The second-order valence-electron chi connectivity index (χ2n) is 32.3. The third-order valence-corrected chi connectivity index (χ3v) is 25.2. The monoisotopic (exact) mass is 1770 g/mol. The maximum atomic E-state index is 14.2. The maximum Gasteiger partial charge on any atom is 0.318 e. The highest BCUT2D eigenvalue weighted by atomic mass is 32.1. The summed E-state index contributed by atoms with van der Waals surface area (Å²) in [5.74, 6) is 0.706. The van der Waals surface area contributed by atoms with E-state index in [4.69, 9.17) is 13.9 Å². The fraction of sp³-hybridized carbons (Fsp3) is 0.242. The Morgan fingerprint density at radius 3 is 1.04 bits per heavy atom. The van der Waals surface area contributed by atoms with Gasteiger partial charge in [-0.05, 0) is 135 Å². The van der Waals surface area contributed by atoms with E-state index >= 15 is 0 Å². The molecule has 0 atom stereocenters. The molecule has 1 fully saturated rings. The molecule has 30 heteroatoms. The number of thiazole rings is 2. The van der Waals surface area contributed by atoms with Crippen molar-refractivity contribution in [3.8, 4) is 90.1 Å². The molecule has 16 aromatic rings. The van der Waals surface area contributed by atoms with Crippen LogP contribution in [0.2, 0.25) is 0 Å². The average molecular weight is 1770 g/mol. The van der Waals surface area contributed by atoms with E-state index in [-0.39, 0.29) is 73.1 Å². The van der Waals surface area contributed by atoms with Crippen LogP contribution in [0.5, 0.6) is 0 Å². The first-order chi connectivity index (χ1) is 62.4. The molecule has 4 amide bonds. The van der Waals surface area contributed by atoms with Crippen molar-refractivity contribution in [3.05, 3.63) is 318 Å². The van der Waals surface area contributed by atoms with Crippen LogP contribution in [-0.2, 0) is 84.4 Å². The lowest BCUT2D eigenvalue weighted by atomic mass is 10.1. The highest BCUT2D eigenvalue weighted by molar-refractivity contribution is 7.12. The SMILES string of the molecule is Cc1nc2c(o1)CN(C(=O)Cn1nc(-c3ccc(C)c(F)c3)cc1-c1ccccc1)C2.Cc1nc2c(s1)CCN(C(=O)Cn1nc(-c3ccc(C)c(F)c3)cc1-c1ccccc1)CC2.Cc1nc2c(s1)CN(C(=O)Cn1nc(-c3ccc(C)c(F)c3)cc1-c1ccccc1)C2.Cc1nnc(N2CCN(C(=O)Cn3nc(-c4ccc(C)c(F)c4)cc3-c3ccccc3)CC2)o1. The number of halogens is 4. The molecule has 0 spiro atoms. The highest BCUT2D eigenvalue weighted by Crippen LogP contribution is 2.36. The Bertz CT molecular complexity index is 6520. The van der Waals surface area contributed by atoms with Gasteiger partial charge in [0.05, 0.1) is 93.1 Å². The molecule has 4 aliphatic heterocycles. The molecule has 20 rings (SSSR count). The van der Waals surface area contributed by atoms with Crippen LogP contribution < -0.4 is 4.90 Å². The molecule has 8 aromatic carbocycles. The molecule has 12 heterocycles. The number of nitrogens with zero attached hydrogens (tertiary/aromatic N) is 18. The predicted molar refractivity (Wildman–Crippen MR) is 486 cm³/mol. The summed E-state index contributed by atoms with van der Waals surface area (Å²) in [7, 11) is 0. The topological polar surface area (TPSA) is 246 Å². The van der Waals surface area contributed by atoms with Crippen LogP contribution in [0.1, 0.15) is 76.6 Å². The van der Waals surface area contributed by atoms with Gasteiger partial charge in [-0.3, -0.25) is 37.9 Å². The molecule has 0 bridgehead atoms. The first-order valence-electron chi connectivity index (χ1n) is 42.5. The average Bonchev–Trinajstić information content (AvgIpc) is 1.65. The summed E-state index contributed by atoms with van der Waals surface area (Å²) < 4.78 is 74.6. The number of fused-ring (bicyclic) bond motifs is 3. The number of carbonyl (C=O) groups is 4. The number of anilines is 1. The Kier molecular flexibility index (Phi) is 25.6. The standard InChI is InChI=1S/C26H25FN4OS.C25H25FN6O2.C24H21FN4O2.C24H21FN4OS/c1-17-8-9-20(14-21(17)27)23-15-24(19-6-4-3-5-7-19)31(29-23)16-26(32)30-12-10-22-25(11-13-30)33-18(2)28-22;1-17-8-9-20(14-21(17)26)22-15-23(19-6-4-3-5-7-19)32(29-22)16-24(33)30-10-12-31(13-11-30)25-28-27-18(2)34-25;2*1-15-8-9-18(10-19(15)25)20-11-22(17-6-4-3-5-7-17)29(27-20)14-24(30)28-12-21-23(13-28)31-16(2)26-21/h3-9,14-15H,10-13,16H2,1-2H3;3-9,14-15H,10-13,16H2,1-2H3;2*3-11H,12-14H2,1-2H3. The highest BCUT2D eigenvalue weighted by Gasteiger charge is 2.33. The lowest BCUT2D eigenvalue weighted by Crippen LogP contribution is -2.49. The summed E-state index contributed by atoms with van der Waals surface area (Å²) in [4.78, 5) is 77.7. The zero-order chi connectivity index (χ0) is 89.7. The summed E-state index contributed by atoms with van der Waals surface area (Å²) in [5, 5.41) is 28.8. The fourth-order valence-corrected chi connectivity index (χ4v) is 17.9. The molecule has 8 aromatic heterocycles. The molecule has 654 valence electrons. The van der Waals surface area contributed by atoms with Gasteiger partial charge in [-0.25, -0.2) is 32.5 Å². The number of aryl methyl sites for hydroxylation is 8. The van der Waals surface area contributed by atoms with Crippen molar-refractivity contribution in [2.75, 3.05) is 44.2 Å². The van der Waals surface area contributed by atoms with Crippen LogP contribution in [0.25, 0.3) is 90.1 Å². The summed E-state index contributed by atoms with van der Waals surface area (Å²) in [6.07, 6.45) is 1.62. The van der Waals surface area contributed by atoms with Crippen LogP contribution in [0.3, 0.4) is 0 Å². The van der Waals surface area contributed by atoms with E-state index in [0.717, 1.165) is 95.6 Å².